The maximum absolute atomic E-state index is 12.9. The number of hydrogen-bond acceptors (Lipinski definition) is 3. The number of aromatic nitrogens is 2. The number of benzene rings is 3. The van der Waals surface area contributed by atoms with E-state index in [2.05, 4.69) is 24.5 Å². The summed E-state index contributed by atoms with van der Waals surface area (Å²) < 4.78 is 8.12. The van der Waals surface area contributed by atoms with Crippen molar-refractivity contribution < 1.29 is 9.53 Å². The molecule has 3 aromatic carbocycles. The standard InChI is InChI=1S/C28H28N2O2/c1-19(2)18-30-25-8-6-5-7-24(25)29-27(30)17-26(22-13-9-20(3)10-14-22)32-28(31)23-15-11-21(4)12-16-23/h5-17,19H,18H2,1-4H3/b26-17-. The van der Waals surface area contributed by atoms with Crippen molar-refractivity contribution >= 4 is 28.8 Å². The summed E-state index contributed by atoms with van der Waals surface area (Å²) in [5.74, 6) is 1.31. The van der Waals surface area contributed by atoms with Gasteiger partial charge in [0.2, 0.25) is 0 Å². The van der Waals surface area contributed by atoms with Crippen LogP contribution in [0.2, 0.25) is 0 Å². The first-order valence-corrected chi connectivity index (χ1v) is 10.9. The van der Waals surface area contributed by atoms with E-state index >= 15 is 0 Å². The Kier molecular flexibility index (Phi) is 6.22. The average Bonchev–Trinajstić information content (AvgIpc) is 3.11. The van der Waals surface area contributed by atoms with Gasteiger partial charge in [0.25, 0.3) is 0 Å². The molecular formula is C28H28N2O2. The van der Waals surface area contributed by atoms with Crippen LogP contribution in [0.15, 0.2) is 72.8 Å². The summed E-state index contributed by atoms with van der Waals surface area (Å²) in [7, 11) is 0. The summed E-state index contributed by atoms with van der Waals surface area (Å²) >= 11 is 0. The Hall–Kier alpha value is -3.66. The normalized spacial score (nSPS) is 11.8. The summed E-state index contributed by atoms with van der Waals surface area (Å²) in [5.41, 5.74) is 5.58. The van der Waals surface area contributed by atoms with Crippen molar-refractivity contribution in [2.24, 2.45) is 5.92 Å². The largest absolute Gasteiger partial charge is 0.422 e. The van der Waals surface area contributed by atoms with Crippen LogP contribution in [0.1, 0.15) is 46.7 Å². The van der Waals surface area contributed by atoms with E-state index in [4.69, 9.17) is 9.72 Å². The van der Waals surface area contributed by atoms with Crippen LogP contribution in [0.3, 0.4) is 0 Å². The highest BCUT2D eigenvalue weighted by Crippen LogP contribution is 2.25. The Labute approximate surface area is 189 Å². The van der Waals surface area contributed by atoms with Gasteiger partial charge in [-0.2, -0.15) is 0 Å². The van der Waals surface area contributed by atoms with Gasteiger partial charge in [0.05, 0.1) is 16.6 Å². The van der Waals surface area contributed by atoms with E-state index in [0.717, 1.165) is 40.1 Å². The third-order valence-corrected chi connectivity index (χ3v) is 5.32. The fourth-order valence-corrected chi connectivity index (χ4v) is 3.62. The topological polar surface area (TPSA) is 44.1 Å². The van der Waals surface area contributed by atoms with Gasteiger partial charge in [-0.3, -0.25) is 0 Å². The Bertz CT molecular complexity index is 1260. The lowest BCUT2D eigenvalue weighted by molar-refractivity contribution is 0.0693. The van der Waals surface area contributed by atoms with Crippen molar-refractivity contribution in [3.05, 3.63) is 101 Å². The molecule has 0 N–H and O–H groups in total. The first-order chi connectivity index (χ1) is 15.4. The van der Waals surface area contributed by atoms with Gasteiger partial charge in [0.15, 0.2) is 0 Å². The maximum Gasteiger partial charge on any atom is 0.343 e. The van der Waals surface area contributed by atoms with Gasteiger partial charge in [-0.1, -0.05) is 73.5 Å². The lowest BCUT2D eigenvalue weighted by atomic mass is 10.1. The fourth-order valence-electron chi connectivity index (χ4n) is 3.62. The third kappa shape index (κ3) is 4.80. The van der Waals surface area contributed by atoms with Gasteiger partial charge in [0, 0.05) is 18.2 Å². The van der Waals surface area contributed by atoms with Crippen molar-refractivity contribution in [2.45, 2.75) is 34.2 Å². The number of fused-ring (bicyclic) bond motifs is 1. The molecule has 1 heterocycles. The molecule has 0 aliphatic rings. The van der Waals surface area contributed by atoms with Gasteiger partial charge in [-0.05, 0) is 44.0 Å². The van der Waals surface area contributed by atoms with E-state index in [0.29, 0.717) is 17.2 Å². The van der Waals surface area contributed by atoms with E-state index in [-0.39, 0.29) is 5.97 Å². The molecule has 4 heteroatoms. The van der Waals surface area contributed by atoms with E-state index in [9.17, 15) is 4.79 Å². The molecule has 0 fully saturated rings. The lowest BCUT2D eigenvalue weighted by Gasteiger charge is -2.13. The summed E-state index contributed by atoms with van der Waals surface area (Å²) in [6, 6.07) is 23.5. The first kappa shape index (κ1) is 21.6. The third-order valence-electron chi connectivity index (χ3n) is 5.32. The summed E-state index contributed by atoms with van der Waals surface area (Å²) in [5, 5.41) is 0. The number of rotatable bonds is 6. The molecule has 32 heavy (non-hydrogen) atoms. The van der Waals surface area contributed by atoms with Crippen molar-refractivity contribution in [1.82, 2.24) is 9.55 Å². The first-order valence-electron chi connectivity index (χ1n) is 10.9. The highest BCUT2D eigenvalue weighted by Gasteiger charge is 2.16. The Morgan fingerprint density at radius 1 is 0.906 bits per heavy atom. The second-order valence-electron chi connectivity index (χ2n) is 8.59. The van der Waals surface area contributed by atoms with Crippen LogP contribution in [0.25, 0.3) is 22.9 Å². The summed E-state index contributed by atoms with van der Waals surface area (Å²) in [4.78, 5) is 17.8. The van der Waals surface area contributed by atoms with E-state index in [1.807, 2.05) is 74.5 Å². The van der Waals surface area contributed by atoms with Crippen LogP contribution in [-0.4, -0.2) is 15.5 Å². The Morgan fingerprint density at radius 2 is 1.50 bits per heavy atom. The molecule has 0 aliphatic heterocycles. The fraction of sp³-hybridized carbons (Fsp3) is 0.214. The molecule has 0 spiro atoms. The number of imidazole rings is 1. The number of carbonyl (C=O) groups excluding carboxylic acids is 1. The SMILES string of the molecule is Cc1ccc(C(=O)O/C(=C\c2nc3ccccc3n2CC(C)C)c2ccc(C)cc2)cc1. The minimum absolute atomic E-state index is 0.386. The molecule has 1 aromatic heterocycles. The zero-order chi connectivity index (χ0) is 22.7. The molecule has 4 aromatic rings. The Morgan fingerprint density at radius 3 is 2.12 bits per heavy atom. The van der Waals surface area contributed by atoms with Gasteiger partial charge >= 0.3 is 5.97 Å². The number of hydrogen-bond donors (Lipinski definition) is 0. The summed E-state index contributed by atoms with van der Waals surface area (Å²) in [6.45, 7) is 9.21. The van der Waals surface area contributed by atoms with Crippen LogP contribution in [-0.2, 0) is 11.3 Å². The Balaban J connectivity index is 1.80. The van der Waals surface area contributed by atoms with Crippen LogP contribution in [0.5, 0.6) is 0 Å². The van der Waals surface area contributed by atoms with Crippen molar-refractivity contribution in [1.29, 1.82) is 0 Å². The van der Waals surface area contributed by atoms with Gasteiger partial charge < -0.3 is 9.30 Å². The molecule has 4 rings (SSSR count). The van der Waals surface area contributed by atoms with Crippen LogP contribution in [0, 0.1) is 19.8 Å². The number of para-hydroxylation sites is 2. The molecule has 0 radical (unpaired) electrons. The molecule has 0 bridgehead atoms. The van der Waals surface area contributed by atoms with Gasteiger partial charge in [0.1, 0.15) is 11.6 Å². The predicted octanol–water partition coefficient (Wildman–Crippen LogP) is 6.66. The van der Waals surface area contributed by atoms with Gasteiger partial charge in [-0.25, -0.2) is 9.78 Å². The molecule has 0 unspecified atom stereocenters. The van der Waals surface area contributed by atoms with Gasteiger partial charge in [-0.15, -0.1) is 0 Å². The minimum Gasteiger partial charge on any atom is -0.422 e. The predicted molar refractivity (Wildman–Crippen MR) is 130 cm³/mol. The molecule has 0 aliphatic carbocycles. The smallest absolute Gasteiger partial charge is 0.343 e. The quantitative estimate of drug-likeness (QED) is 0.257. The van der Waals surface area contributed by atoms with Crippen LogP contribution < -0.4 is 0 Å². The molecule has 0 amide bonds. The number of esters is 1. The lowest BCUT2D eigenvalue weighted by Crippen LogP contribution is -2.08. The highest BCUT2D eigenvalue weighted by atomic mass is 16.5. The molecule has 0 saturated heterocycles. The number of ether oxygens (including phenoxy) is 1. The van der Waals surface area contributed by atoms with Crippen molar-refractivity contribution in [3.63, 3.8) is 0 Å². The number of nitrogens with zero attached hydrogens (tertiary/aromatic N) is 2. The molecule has 4 nitrogen and oxygen atoms in total. The molecule has 0 saturated carbocycles. The minimum atomic E-state index is -0.386. The summed E-state index contributed by atoms with van der Waals surface area (Å²) in [6.07, 6.45) is 1.87. The number of aryl methyl sites for hydroxylation is 2. The highest BCUT2D eigenvalue weighted by molar-refractivity contribution is 5.95. The van der Waals surface area contributed by atoms with E-state index in [1.165, 1.54) is 0 Å². The zero-order valence-electron chi connectivity index (χ0n) is 19.0. The molecular weight excluding hydrogens is 396 g/mol. The molecule has 162 valence electrons. The average molecular weight is 425 g/mol. The van der Waals surface area contributed by atoms with Crippen molar-refractivity contribution in [2.75, 3.05) is 0 Å². The van der Waals surface area contributed by atoms with Crippen LogP contribution >= 0.6 is 0 Å². The van der Waals surface area contributed by atoms with E-state index in [1.54, 1.807) is 12.1 Å². The van der Waals surface area contributed by atoms with Crippen molar-refractivity contribution in [3.8, 4) is 0 Å². The van der Waals surface area contributed by atoms with Crippen LogP contribution in [0.4, 0.5) is 0 Å². The number of carbonyl (C=O) groups is 1. The second kappa shape index (κ2) is 9.23. The zero-order valence-corrected chi connectivity index (χ0v) is 19.0. The monoisotopic (exact) mass is 424 g/mol. The maximum atomic E-state index is 12.9. The second-order valence-corrected chi connectivity index (χ2v) is 8.59. The van der Waals surface area contributed by atoms with E-state index < -0.39 is 0 Å². The molecule has 0 atom stereocenters.